The SMILES string of the molecule is O=C1CCCCCCCn2ccc3ccc(nc32)C(C2CC2)N1. The zero-order valence-corrected chi connectivity index (χ0v) is 13.6. The van der Waals surface area contributed by atoms with E-state index in [4.69, 9.17) is 4.98 Å². The summed E-state index contributed by atoms with van der Waals surface area (Å²) in [5.74, 6) is 0.761. The molecule has 2 bridgehead atoms. The lowest BCUT2D eigenvalue weighted by atomic mass is 10.1. The number of fused-ring (bicyclic) bond motifs is 1. The molecule has 0 saturated heterocycles. The number of aromatic nitrogens is 2. The van der Waals surface area contributed by atoms with Gasteiger partial charge in [-0.1, -0.05) is 19.3 Å². The van der Waals surface area contributed by atoms with E-state index in [0.717, 1.165) is 30.7 Å². The first-order valence-corrected chi connectivity index (χ1v) is 9.06. The van der Waals surface area contributed by atoms with E-state index >= 15 is 0 Å². The molecule has 23 heavy (non-hydrogen) atoms. The summed E-state index contributed by atoms with van der Waals surface area (Å²) in [5, 5.41) is 4.45. The molecule has 1 aliphatic carbocycles. The summed E-state index contributed by atoms with van der Waals surface area (Å²) in [6.45, 7) is 1.04. The molecule has 0 aromatic carbocycles. The van der Waals surface area contributed by atoms with Gasteiger partial charge in [0, 0.05) is 24.5 Å². The highest BCUT2D eigenvalue weighted by Crippen LogP contribution is 2.41. The molecule has 1 N–H and O–H groups in total. The van der Waals surface area contributed by atoms with Crippen molar-refractivity contribution in [1.29, 1.82) is 0 Å². The van der Waals surface area contributed by atoms with E-state index in [-0.39, 0.29) is 11.9 Å². The van der Waals surface area contributed by atoms with E-state index in [1.165, 1.54) is 37.5 Å². The molecule has 2 aliphatic rings. The average molecular weight is 311 g/mol. The van der Waals surface area contributed by atoms with E-state index in [0.29, 0.717) is 12.3 Å². The lowest BCUT2D eigenvalue weighted by Gasteiger charge is -2.19. The monoisotopic (exact) mass is 311 g/mol. The predicted octanol–water partition coefficient (Wildman–Crippen LogP) is 3.96. The Balaban J connectivity index is 1.69. The summed E-state index contributed by atoms with van der Waals surface area (Å²) >= 11 is 0. The number of carbonyl (C=O) groups is 1. The van der Waals surface area contributed by atoms with E-state index in [1.54, 1.807) is 0 Å². The molecular weight excluding hydrogens is 286 g/mol. The van der Waals surface area contributed by atoms with Crippen LogP contribution in [-0.2, 0) is 11.3 Å². The number of hydrogen-bond donors (Lipinski definition) is 1. The van der Waals surface area contributed by atoms with E-state index in [2.05, 4.69) is 34.3 Å². The maximum atomic E-state index is 12.3. The maximum absolute atomic E-state index is 12.3. The predicted molar refractivity (Wildman–Crippen MR) is 91.0 cm³/mol. The summed E-state index contributed by atoms with van der Waals surface area (Å²) in [4.78, 5) is 17.2. The van der Waals surface area contributed by atoms with Crippen molar-refractivity contribution in [2.24, 2.45) is 5.92 Å². The van der Waals surface area contributed by atoms with Gasteiger partial charge in [-0.15, -0.1) is 0 Å². The minimum atomic E-state index is 0.0955. The van der Waals surface area contributed by atoms with Gasteiger partial charge in [0.25, 0.3) is 0 Å². The highest BCUT2D eigenvalue weighted by molar-refractivity contribution is 5.78. The smallest absolute Gasteiger partial charge is 0.220 e. The van der Waals surface area contributed by atoms with Crippen LogP contribution in [0.4, 0.5) is 0 Å². The Bertz CT molecular complexity index is 702. The highest BCUT2D eigenvalue weighted by Gasteiger charge is 2.34. The van der Waals surface area contributed by atoms with Crippen LogP contribution in [0.2, 0.25) is 0 Å². The highest BCUT2D eigenvalue weighted by atomic mass is 16.1. The van der Waals surface area contributed by atoms with E-state index in [1.807, 2.05) is 0 Å². The van der Waals surface area contributed by atoms with Crippen LogP contribution in [0, 0.1) is 5.92 Å². The van der Waals surface area contributed by atoms with Gasteiger partial charge >= 0.3 is 0 Å². The fraction of sp³-hybridized carbons (Fsp3) is 0.579. The van der Waals surface area contributed by atoms with Crippen LogP contribution >= 0.6 is 0 Å². The molecular formula is C19H25N3O. The first-order valence-electron chi connectivity index (χ1n) is 9.06. The summed E-state index contributed by atoms with van der Waals surface area (Å²) in [6, 6.07) is 6.50. The first-order chi connectivity index (χ1) is 11.3. The maximum Gasteiger partial charge on any atom is 0.220 e. The second-order valence-corrected chi connectivity index (χ2v) is 7.06. The summed E-state index contributed by atoms with van der Waals surface area (Å²) < 4.78 is 2.27. The van der Waals surface area contributed by atoms with Crippen LogP contribution in [0.1, 0.15) is 63.1 Å². The van der Waals surface area contributed by atoms with Crippen LogP contribution in [0.3, 0.4) is 0 Å². The van der Waals surface area contributed by atoms with Gasteiger partial charge in [-0.25, -0.2) is 4.98 Å². The quantitative estimate of drug-likeness (QED) is 0.866. The number of pyridine rings is 1. The zero-order chi connectivity index (χ0) is 15.6. The van der Waals surface area contributed by atoms with Crippen molar-refractivity contribution in [3.63, 3.8) is 0 Å². The fourth-order valence-corrected chi connectivity index (χ4v) is 3.63. The van der Waals surface area contributed by atoms with Gasteiger partial charge in [0.15, 0.2) is 0 Å². The largest absolute Gasteiger partial charge is 0.347 e. The molecule has 1 saturated carbocycles. The Labute approximate surface area is 137 Å². The summed E-state index contributed by atoms with van der Waals surface area (Å²) in [7, 11) is 0. The molecule has 122 valence electrons. The lowest BCUT2D eigenvalue weighted by molar-refractivity contribution is -0.122. The second kappa shape index (κ2) is 6.34. The van der Waals surface area contributed by atoms with Gasteiger partial charge in [-0.3, -0.25) is 4.79 Å². The van der Waals surface area contributed by atoms with Crippen LogP contribution in [-0.4, -0.2) is 15.5 Å². The topological polar surface area (TPSA) is 46.9 Å². The molecule has 3 heterocycles. The van der Waals surface area contributed by atoms with Gasteiger partial charge in [-0.2, -0.15) is 0 Å². The standard InChI is InChI=1S/C19H25N3O/c23-17-6-4-2-1-3-5-12-22-13-11-15-9-10-16(20-19(15)22)18(21-17)14-7-8-14/h9-11,13-14,18H,1-8,12H2,(H,21,23). The van der Waals surface area contributed by atoms with E-state index < -0.39 is 0 Å². The molecule has 0 radical (unpaired) electrons. The van der Waals surface area contributed by atoms with Gasteiger partial charge in [0.1, 0.15) is 5.65 Å². The fourth-order valence-electron chi connectivity index (χ4n) is 3.63. The third-order valence-corrected chi connectivity index (χ3v) is 5.16. The Morgan fingerprint density at radius 3 is 2.74 bits per heavy atom. The number of hydrogen-bond acceptors (Lipinski definition) is 2. The molecule has 1 amide bonds. The molecule has 2 aromatic heterocycles. The van der Waals surface area contributed by atoms with Crippen LogP contribution in [0.25, 0.3) is 11.0 Å². The molecule has 0 spiro atoms. The number of nitrogens with zero attached hydrogens (tertiary/aromatic N) is 2. The number of rotatable bonds is 1. The van der Waals surface area contributed by atoms with Gasteiger partial charge < -0.3 is 9.88 Å². The van der Waals surface area contributed by atoms with Gasteiger partial charge in [0.2, 0.25) is 5.91 Å². The van der Waals surface area contributed by atoms with Crippen LogP contribution < -0.4 is 5.32 Å². The molecule has 1 aliphatic heterocycles. The van der Waals surface area contributed by atoms with Crippen molar-refractivity contribution in [3.05, 3.63) is 30.1 Å². The third-order valence-electron chi connectivity index (χ3n) is 5.16. The third kappa shape index (κ3) is 3.26. The Kier molecular flexibility index (Phi) is 4.06. The molecule has 4 heteroatoms. The minimum absolute atomic E-state index is 0.0955. The zero-order valence-electron chi connectivity index (χ0n) is 13.6. The molecule has 1 atom stereocenters. The molecule has 2 aromatic rings. The number of amides is 1. The number of aryl methyl sites for hydroxylation is 1. The number of carbonyl (C=O) groups excluding carboxylic acids is 1. The van der Waals surface area contributed by atoms with Crippen molar-refractivity contribution in [2.75, 3.05) is 0 Å². The van der Waals surface area contributed by atoms with Crippen LogP contribution in [0.15, 0.2) is 24.4 Å². The summed E-state index contributed by atoms with van der Waals surface area (Å²) in [5.41, 5.74) is 2.10. The summed E-state index contributed by atoms with van der Waals surface area (Å²) in [6.07, 6.45) is 11.0. The Morgan fingerprint density at radius 2 is 1.87 bits per heavy atom. The van der Waals surface area contributed by atoms with Gasteiger partial charge in [-0.05, 0) is 49.8 Å². The molecule has 4 nitrogen and oxygen atoms in total. The normalized spacial score (nSPS) is 23.7. The van der Waals surface area contributed by atoms with Crippen LogP contribution in [0.5, 0.6) is 0 Å². The second-order valence-electron chi connectivity index (χ2n) is 7.06. The average Bonchev–Trinajstić information content (AvgIpc) is 3.32. The molecule has 1 unspecified atom stereocenters. The molecule has 4 rings (SSSR count). The minimum Gasteiger partial charge on any atom is -0.347 e. The number of nitrogens with one attached hydrogen (secondary N) is 1. The Morgan fingerprint density at radius 1 is 1.04 bits per heavy atom. The van der Waals surface area contributed by atoms with Gasteiger partial charge in [0.05, 0.1) is 11.7 Å². The van der Waals surface area contributed by atoms with Crippen molar-refractivity contribution < 1.29 is 4.79 Å². The van der Waals surface area contributed by atoms with E-state index in [9.17, 15) is 4.79 Å². The van der Waals surface area contributed by atoms with Crippen molar-refractivity contribution >= 4 is 16.9 Å². The van der Waals surface area contributed by atoms with Crippen molar-refractivity contribution in [2.45, 2.75) is 64.0 Å². The molecule has 1 fully saturated rings. The van der Waals surface area contributed by atoms with Crippen molar-refractivity contribution in [1.82, 2.24) is 14.9 Å². The lowest BCUT2D eigenvalue weighted by Crippen LogP contribution is -2.30. The first kappa shape index (κ1) is 14.7. The Hall–Kier alpha value is -1.84. The van der Waals surface area contributed by atoms with Crippen molar-refractivity contribution in [3.8, 4) is 0 Å².